The van der Waals surface area contributed by atoms with Gasteiger partial charge in [0, 0.05) is 13.1 Å². The third-order valence-electron chi connectivity index (χ3n) is 2.82. The molecule has 0 saturated carbocycles. The molecule has 0 amide bonds. The molecular formula is C14H33N9O6. The molecule has 0 aromatic rings. The van der Waals surface area contributed by atoms with Crippen LogP contribution in [0.15, 0.2) is 0 Å². The fourth-order valence-corrected chi connectivity index (χ4v) is 1.34. The molecule has 0 radical (unpaired) electrons. The van der Waals surface area contributed by atoms with E-state index in [1.807, 2.05) is 0 Å². The fraction of sp³-hybridized carbons (Fsp3) is 0.643. The number of carboxylic acids is 3. The van der Waals surface area contributed by atoms with E-state index in [4.69, 9.17) is 49.1 Å². The summed E-state index contributed by atoms with van der Waals surface area (Å²) in [6.45, 7) is 0.687. The van der Waals surface area contributed by atoms with Crippen LogP contribution in [0, 0.1) is 10.8 Å². The summed E-state index contributed by atoms with van der Waals surface area (Å²) in [4.78, 5) is 29.7. The van der Waals surface area contributed by atoms with Gasteiger partial charge in [-0.1, -0.05) is 0 Å². The van der Waals surface area contributed by atoms with Gasteiger partial charge in [0.15, 0.2) is 11.9 Å². The number of aliphatic carboxylic acids is 3. The molecule has 0 aliphatic heterocycles. The van der Waals surface area contributed by atoms with Crippen molar-refractivity contribution >= 4 is 29.8 Å². The molecule has 29 heavy (non-hydrogen) atoms. The van der Waals surface area contributed by atoms with Crippen LogP contribution in [0.5, 0.6) is 0 Å². The molecule has 0 spiro atoms. The Morgan fingerprint density at radius 2 is 1.07 bits per heavy atom. The van der Waals surface area contributed by atoms with Crippen molar-refractivity contribution in [3.8, 4) is 0 Å². The molecule has 0 aromatic heterocycles. The lowest BCUT2D eigenvalue weighted by molar-refractivity contribution is -0.139. The van der Waals surface area contributed by atoms with Crippen LogP contribution in [0.1, 0.15) is 25.7 Å². The molecule has 0 fully saturated rings. The van der Waals surface area contributed by atoms with Gasteiger partial charge in [-0.2, -0.15) is 0 Å². The number of hydrogen-bond acceptors (Lipinski definition) is 8. The van der Waals surface area contributed by atoms with Crippen molar-refractivity contribution in [2.45, 2.75) is 37.8 Å². The summed E-state index contributed by atoms with van der Waals surface area (Å²) in [6, 6.07) is -1.64. The summed E-state index contributed by atoms with van der Waals surface area (Å²) in [5, 5.41) is 43.0. The summed E-state index contributed by atoms with van der Waals surface area (Å²) in [5.41, 5.74) is 25.0. The Bertz CT molecular complexity index is 480. The van der Waals surface area contributed by atoms with Gasteiger partial charge < -0.3 is 54.6 Å². The predicted octanol–water partition coefficient (Wildman–Crippen LogP) is -3.65. The summed E-state index contributed by atoms with van der Waals surface area (Å²) in [5.74, 6) is -3.20. The first kappa shape index (κ1) is 30.6. The van der Waals surface area contributed by atoms with E-state index in [-0.39, 0.29) is 18.5 Å². The minimum atomic E-state index is -1.00. The maximum atomic E-state index is 10.2. The Morgan fingerprint density at radius 3 is 1.24 bits per heavy atom. The van der Waals surface area contributed by atoms with Gasteiger partial charge in [0.2, 0.25) is 0 Å². The zero-order valence-electron chi connectivity index (χ0n) is 16.1. The predicted molar refractivity (Wildman–Crippen MR) is 106 cm³/mol. The monoisotopic (exact) mass is 423 g/mol. The fourth-order valence-electron chi connectivity index (χ4n) is 1.34. The molecule has 170 valence electrons. The smallest absolute Gasteiger partial charge is 0.320 e. The highest BCUT2D eigenvalue weighted by Crippen LogP contribution is 1.93. The SMILES string of the molecule is N=C(N)NCCC[C@H](N)C(=O)O.N=C(N)NCCC[C@H](N)C(=O)O.NCC(=O)O. The molecule has 15 heteroatoms. The van der Waals surface area contributed by atoms with Crippen molar-refractivity contribution in [3.05, 3.63) is 0 Å². The minimum absolute atomic E-state index is 0.112. The standard InChI is InChI=1S/2C6H14N4O2.C2H5NO2/c2*7-4(5(11)12)2-1-3-10-6(8)9;3-1-2(4)5/h2*4H,1-3,7H2,(H,11,12)(H4,8,9,10);1,3H2,(H,4,5)/t2*4-;/m00./s1. The van der Waals surface area contributed by atoms with Gasteiger partial charge >= 0.3 is 17.9 Å². The molecular weight excluding hydrogens is 390 g/mol. The van der Waals surface area contributed by atoms with Crippen LogP contribution >= 0.6 is 0 Å². The van der Waals surface area contributed by atoms with Crippen LogP contribution in [-0.2, 0) is 14.4 Å². The maximum Gasteiger partial charge on any atom is 0.320 e. The zero-order valence-corrected chi connectivity index (χ0v) is 16.1. The summed E-state index contributed by atoms with van der Waals surface area (Å²) in [6.07, 6.45) is 1.95. The molecule has 0 bridgehead atoms. The lowest BCUT2D eigenvalue weighted by atomic mass is 10.2. The van der Waals surface area contributed by atoms with Gasteiger partial charge in [0.25, 0.3) is 0 Å². The summed E-state index contributed by atoms with van der Waals surface area (Å²) < 4.78 is 0. The van der Waals surface area contributed by atoms with Gasteiger partial charge in [-0.3, -0.25) is 25.2 Å². The molecule has 15 nitrogen and oxygen atoms in total. The van der Waals surface area contributed by atoms with E-state index in [1.54, 1.807) is 0 Å². The number of hydrogen-bond donors (Lipinski definition) is 12. The molecule has 0 aliphatic carbocycles. The van der Waals surface area contributed by atoms with E-state index < -0.39 is 30.0 Å². The average Bonchev–Trinajstić information content (AvgIpc) is 2.62. The Hall–Kier alpha value is -3.17. The van der Waals surface area contributed by atoms with Crippen LogP contribution in [0.25, 0.3) is 0 Å². The third-order valence-corrected chi connectivity index (χ3v) is 2.82. The molecule has 2 atom stereocenters. The van der Waals surface area contributed by atoms with E-state index >= 15 is 0 Å². The lowest BCUT2D eigenvalue weighted by Crippen LogP contribution is -2.34. The second kappa shape index (κ2) is 19.6. The molecule has 0 saturated heterocycles. The van der Waals surface area contributed by atoms with Crippen molar-refractivity contribution in [3.63, 3.8) is 0 Å². The average molecular weight is 423 g/mol. The van der Waals surface area contributed by atoms with Crippen LogP contribution in [0.2, 0.25) is 0 Å². The highest BCUT2D eigenvalue weighted by molar-refractivity contribution is 5.75. The Morgan fingerprint density at radius 1 is 0.793 bits per heavy atom. The largest absolute Gasteiger partial charge is 0.480 e. The Kier molecular flexibility index (Phi) is 20.6. The van der Waals surface area contributed by atoms with Crippen molar-refractivity contribution in [2.24, 2.45) is 28.7 Å². The molecule has 0 unspecified atom stereocenters. The third kappa shape index (κ3) is 29.8. The molecule has 0 heterocycles. The van der Waals surface area contributed by atoms with Gasteiger partial charge in [0.05, 0.1) is 6.54 Å². The van der Waals surface area contributed by atoms with Gasteiger partial charge in [-0.25, -0.2) is 0 Å². The highest BCUT2D eigenvalue weighted by atomic mass is 16.4. The lowest BCUT2D eigenvalue weighted by Gasteiger charge is -2.06. The number of guanidine groups is 2. The first-order valence-electron chi connectivity index (χ1n) is 8.39. The van der Waals surface area contributed by atoms with Crippen molar-refractivity contribution in [1.82, 2.24) is 10.6 Å². The van der Waals surface area contributed by atoms with Gasteiger partial charge in [-0.05, 0) is 25.7 Å². The van der Waals surface area contributed by atoms with E-state index in [2.05, 4.69) is 16.4 Å². The highest BCUT2D eigenvalue weighted by Gasteiger charge is 2.10. The zero-order chi connectivity index (χ0) is 23.4. The number of nitrogens with two attached hydrogens (primary N) is 5. The first-order valence-corrected chi connectivity index (χ1v) is 8.39. The van der Waals surface area contributed by atoms with Crippen molar-refractivity contribution in [1.29, 1.82) is 10.8 Å². The molecule has 0 rings (SSSR count). The number of carbonyl (C=O) groups is 3. The molecule has 0 aromatic carbocycles. The molecule has 17 N–H and O–H groups in total. The second-order valence-electron chi connectivity index (χ2n) is 5.45. The van der Waals surface area contributed by atoms with Crippen LogP contribution in [-0.4, -0.2) is 76.9 Å². The Balaban J connectivity index is -0.000000380. The van der Waals surface area contributed by atoms with Gasteiger partial charge in [-0.15, -0.1) is 0 Å². The van der Waals surface area contributed by atoms with Crippen LogP contribution < -0.4 is 39.3 Å². The summed E-state index contributed by atoms with van der Waals surface area (Å²) >= 11 is 0. The van der Waals surface area contributed by atoms with Crippen molar-refractivity contribution in [2.75, 3.05) is 19.6 Å². The molecule has 0 aliphatic rings. The quantitative estimate of drug-likeness (QED) is 0.0866. The topological polar surface area (TPSA) is 314 Å². The number of carboxylic acid groups (broad SMARTS) is 3. The van der Waals surface area contributed by atoms with E-state index in [0.717, 1.165) is 0 Å². The number of nitrogens with one attached hydrogen (secondary N) is 4. The Labute approximate surface area is 168 Å². The number of rotatable bonds is 11. The van der Waals surface area contributed by atoms with Crippen LogP contribution in [0.4, 0.5) is 0 Å². The van der Waals surface area contributed by atoms with Gasteiger partial charge in [0.1, 0.15) is 12.1 Å². The summed E-state index contributed by atoms with van der Waals surface area (Å²) in [7, 11) is 0. The van der Waals surface area contributed by atoms with E-state index in [1.165, 1.54) is 0 Å². The normalized spacial score (nSPS) is 11.3. The van der Waals surface area contributed by atoms with E-state index in [0.29, 0.717) is 38.8 Å². The van der Waals surface area contributed by atoms with Crippen molar-refractivity contribution < 1.29 is 29.7 Å². The van der Waals surface area contributed by atoms with Crippen LogP contribution in [0.3, 0.4) is 0 Å². The first-order chi connectivity index (χ1) is 13.3. The minimum Gasteiger partial charge on any atom is -0.480 e. The van der Waals surface area contributed by atoms with E-state index in [9.17, 15) is 14.4 Å². The second-order valence-corrected chi connectivity index (χ2v) is 5.45. The maximum absolute atomic E-state index is 10.2.